The molecule has 7 heteroatoms. The van der Waals surface area contributed by atoms with Gasteiger partial charge in [-0.1, -0.05) is 6.08 Å². The zero-order valence-corrected chi connectivity index (χ0v) is 9.60. The van der Waals surface area contributed by atoms with Crippen molar-refractivity contribution in [2.24, 2.45) is 0 Å². The van der Waals surface area contributed by atoms with Crippen LogP contribution >= 0.6 is 0 Å². The molecule has 0 aliphatic carbocycles. The Kier molecular flexibility index (Phi) is 3.03. The smallest absolute Gasteiger partial charge is 0.214 e. The Balaban J connectivity index is 2.71. The molecule has 0 amide bonds. The normalized spacial score (nSPS) is 25.8. The van der Waals surface area contributed by atoms with Gasteiger partial charge >= 0.3 is 0 Å². The van der Waals surface area contributed by atoms with E-state index in [2.05, 4.69) is 4.72 Å². The Hall–Kier alpha value is -0.400. The third-order valence-corrected chi connectivity index (χ3v) is 5.13. The lowest BCUT2D eigenvalue weighted by Gasteiger charge is -2.12. The summed E-state index contributed by atoms with van der Waals surface area (Å²) >= 11 is 0. The van der Waals surface area contributed by atoms with Crippen molar-refractivity contribution in [2.75, 3.05) is 5.75 Å². The molecule has 1 unspecified atom stereocenters. The van der Waals surface area contributed by atoms with Gasteiger partial charge in [0.2, 0.25) is 10.0 Å². The van der Waals surface area contributed by atoms with Gasteiger partial charge in [0.05, 0.1) is 17.0 Å². The quantitative estimate of drug-likeness (QED) is 0.728. The van der Waals surface area contributed by atoms with Crippen molar-refractivity contribution in [2.45, 2.75) is 25.1 Å². The van der Waals surface area contributed by atoms with E-state index in [0.29, 0.717) is 0 Å². The third kappa shape index (κ3) is 2.79. The monoisotopic (exact) mass is 239 g/mol. The van der Waals surface area contributed by atoms with Gasteiger partial charge < -0.3 is 0 Å². The van der Waals surface area contributed by atoms with E-state index in [4.69, 9.17) is 0 Å². The van der Waals surface area contributed by atoms with Crippen LogP contribution in [0.4, 0.5) is 0 Å². The molecule has 1 heterocycles. The maximum Gasteiger partial charge on any atom is 0.214 e. The second-order valence-corrected chi connectivity index (χ2v) is 7.68. The molecule has 0 fully saturated rings. The average molecular weight is 239 g/mol. The Morgan fingerprint density at radius 2 is 2.00 bits per heavy atom. The highest BCUT2D eigenvalue weighted by molar-refractivity contribution is 7.94. The molecule has 1 atom stereocenters. The van der Waals surface area contributed by atoms with Crippen molar-refractivity contribution in [3.63, 3.8) is 0 Å². The first kappa shape index (κ1) is 11.7. The van der Waals surface area contributed by atoms with Gasteiger partial charge in [0.15, 0.2) is 9.84 Å². The largest absolute Gasteiger partial charge is 0.224 e. The van der Waals surface area contributed by atoms with Gasteiger partial charge in [-0.3, -0.25) is 0 Å². The fourth-order valence-electron chi connectivity index (χ4n) is 0.996. The molecule has 0 bridgehead atoms. The first-order valence-electron chi connectivity index (χ1n) is 4.15. The van der Waals surface area contributed by atoms with E-state index in [-0.39, 0.29) is 5.75 Å². The fourth-order valence-corrected chi connectivity index (χ4v) is 3.19. The van der Waals surface area contributed by atoms with Crippen LogP contribution in [0, 0.1) is 0 Å². The summed E-state index contributed by atoms with van der Waals surface area (Å²) in [5, 5.41) is 0.486. The number of hydrogen-bond acceptors (Lipinski definition) is 4. The fraction of sp³-hybridized carbons (Fsp3) is 0.714. The maximum atomic E-state index is 11.4. The Morgan fingerprint density at radius 3 is 2.36 bits per heavy atom. The summed E-state index contributed by atoms with van der Waals surface area (Å²) in [5.74, 6) is -0.182. The highest BCUT2D eigenvalue weighted by Gasteiger charge is 2.27. The minimum Gasteiger partial charge on any atom is -0.224 e. The molecule has 1 aliphatic heterocycles. The molecule has 0 radical (unpaired) electrons. The van der Waals surface area contributed by atoms with E-state index in [0.717, 1.165) is 5.41 Å². The molecule has 0 spiro atoms. The molecule has 0 aromatic carbocycles. The third-order valence-electron chi connectivity index (χ3n) is 1.87. The van der Waals surface area contributed by atoms with Gasteiger partial charge in [-0.25, -0.2) is 21.6 Å². The van der Waals surface area contributed by atoms with Crippen LogP contribution in [0.3, 0.4) is 0 Å². The summed E-state index contributed by atoms with van der Waals surface area (Å²) in [6.45, 7) is 3.07. The van der Waals surface area contributed by atoms with Crippen LogP contribution in [-0.2, 0) is 19.9 Å². The van der Waals surface area contributed by atoms with Gasteiger partial charge in [-0.15, -0.1) is 0 Å². The lowest BCUT2D eigenvalue weighted by Crippen LogP contribution is -2.39. The molecule has 5 nitrogen and oxygen atoms in total. The molecular formula is C7H13NO4S2. The molecule has 14 heavy (non-hydrogen) atoms. The van der Waals surface area contributed by atoms with Gasteiger partial charge in [0.25, 0.3) is 0 Å². The van der Waals surface area contributed by atoms with E-state index in [1.807, 2.05) is 0 Å². The molecule has 1 rings (SSSR count). The van der Waals surface area contributed by atoms with Crippen molar-refractivity contribution in [1.29, 1.82) is 0 Å². The van der Waals surface area contributed by atoms with Crippen LogP contribution in [-0.4, -0.2) is 33.9 Å². The van der Waals surface area contributed by atoms with E-state index >= 15 is 0 Å². The van der Waals surface area contributed by atoms with Crippen LogP contribution in [0.15, 0.2) is 11.5 Å². The molecule has 0 saturated heterocycles. The van der Waals surface area contributed by atoms with Crippen LogP contribution in [0.1, 0.15) is 13.8 Å². The maximum absolute atomic E-state index is 11.4. The van der Waals surface area contributed by atoms with Crippen LogP contribution < -0.4 is 4.72 Å². The van der Waals surface area contributed by atoms with Crippen molar-refractivity contribution in [1.82, 2.24) is 4.72 Å². The van der Waals surface area contributed by atoms with Crippen LogP contribution in [0.5, 0.6) is 0 Å². The van der Waals surface area contributed by atoms with E-state index in [1.165, 1.54) is 19.9 Å². The van der Waals surface area contributed by atoms with Crippen molar-refractivity contribution in [3.8, 4) is 0 Å². The first-order chi connectivity index (χ1) is 6.23. The summed E-state index contributed by atoms with van der Waals surface area (Å²) in [4.78, 5) is 0. The summed E-state index contributed by atoms with van der Waals surface area (Å²) in [7, 11) is -6.60. The van der Waals surface area contributed by atoms with Crippen LogP contribution in [0.2, 0.25) is 0 Å². The van der Waals surface area contributed by atoms with Crippen molar-refractivity contribution >= 4 is 19.9 Å². The van der Waals surface area contributed by atoms with Gasteiger partial charge in [0, 0.05) is 5.41 Å². The van der Waals surface area contributed by atoms with Gasteiger partial charge in [-0.2, -0.15) is 0 Å². The zero-order valence-electron chi connectivity index (χ0n) is 7.97. The topological polar surface area (TPSA) is 80.3 Å². The van der Waals surface area contributed by atoms with Crippen molar-refractivity contribution < 1.29 is 16.8 Å². The lowest BCUT2D eigenvalue weighted by atomic mass is 10.4. The molecular weight excluding hydrogens is 226 g/mol. The summed E-state index contributed by atoms with van der Waals surface area (Å²) in [6.07, 6.45) is 1.36. The number of hydrogen-bond donors (Lipinski definition) is 1. The predicted octanol–water partition coefficient (Wildman–Crippen LogP) is -0.375. The minimum absolute atomic E-state index is 0.182. The Morgan fingerprint density at radius 1 is 1.43 bits per heavy atom. The summed E-state index contributed by atoms with van der Waals surface area (Å²) in [5.41, 5.74) is 0. The number of sulfone groups is 1. The first-order valence-corrected chi connectivity index (χ1v) is 7.41. The molecule has 1 aliphatic rings. The SMILES string of the molecule is CC(C)S(=O)(=O)NC1C=CS(=O)(=O)C1. The van der Waals surface area contributed by atoms with E-state index < -0.39 is 31.2 Å². The van der Waals surface area contributed by atoms with E-state index in [1.54, 1.807) is 0 Å². The standard InChI is InChI=1S/C7H13NO4S2/c1-6(2)14(11,12)8-7-3-4-13(9,10)5-7/h3-4,6-8H,5H2,1-2H3. The second kappa shape index (κ2) is 3.63. The van der Waals surface area contributed by atoms with Crippen LogP contribution in [0.25, 0.3) is 0 Å². The highest BCUT2D eigenvalue weighted by Crippen LogP contribution is 2.10. The Bertz CT molecular complexity index is 432. The van der Waals surface area contributed by atoms with Crippen molar-refractivity contribution in [3.05, 3.63) is 11.5 Å². The van der Waals surface area contributed by atoms with Gasteiger partial charge in [0.1, 0.15) is 0 Å². The molecule has 0 aromatic rings. The molecule has 1 N–H and O–H groups in total. The molecule has 0 aromatic heterocycles. The molecule has 82 valence electrons. The highest BCUT2D eigenvalue weighted by atomic mass is 32.2. The minimum atomic E-state index is -3.40. The number of nitrogens with one attached hydrogen (secondary N) is 1. The van der Waals surface area contributed by atoms with E-state index in [9.17, 15) is 16.8 Å². The lowest BCUT2D eigenvalue weighted by molar-refractivity contribution is 0.566. The zero-order chi connectivity index (χ0) is 11.0. The number of rotatable bonds is 3. The number of sulfonamides is 1. The van der Waals surface area contributed by atoms with Gasteiger partial charge in [-0.05, 0) is 13.8 Å². The molecule has 0 saturated carbocycles. The average Bonchev–Trinajstić information content (AvgIpc) is 2.28. The summed E-state index contributed by atoms with van der Waals surface area (Å²) in [6, 6.07) is -0.618. The predicted molar refractivity (Wildman–Crippen MR) is 53.9 cm³/mol. The summed E-state index contributed by atoms with van der Waals surface area (Å²) < 4.78 is 47.0. The second-order valence-electron chi connectivity index (χ2n) is 3.48. The Labute approximate surface area is 84.2 Å².